The van der Waals surface area contributed by atoms with Gasteiger partial charge in [0.05, 0.1) is 12.7 Å². The first-order chi connectivity index (χ1) is 14.7. The van der Waals surface area contributed by atoms with Crippen LogP contribution in [0.1, 0.15) is 24.2 Å². The van der Waals surface area contributed by atoms with E-state index in [1.165, 1.54) is 0 Å². The number of aryl methyl sites for hydroxylation is 1. The zero-order valence-corrected chi connectivity index (χ0v) is 17.1. The highest BCUT2D eigenvalue weighted by Gasteiger charge is 2.23. The number of para-hydroxylation sites is 1. The molecule has 2 heterocycles. The van der Waals surface area contributed by atoms with E-state index in [1.807, 2.05) is 66.4 Å². The van der Waals surface area contributed by atoms with Gasteiger partial charge in [0.2, 0.25) is 0 Å². The molecule has 2 aromatic carbocycles. The Balaban J connectivity index is 1.19. The summed E-state index contributed by atoms with van der Waals surface area (Å²) in [6.45, 7) is 3.89. The van der Waals surface area contributed by atoms with Crippen molar-refractivity contribution in [1.82, 2.24) is 15.0 Å². The van der Waals surface area contributed by atoms with Gasteiger partial charge in [-0.2, -0.15) is 4.98 Å². The Morgan fingerprint density at radius 2 is 1.87 bits per heavy atom. The number of ether oxygens (including phenoxy) is 1. The number of anilines is 1. The van der Waals surface area contributed by atoms with Gasteiger partial charge in [-0.15, -0.1) is 0 Å². The number of rotatable bonds is 6. The topological polar surface area (TPSA) is 80.5 Å². The molecule has 7 heteroatoms. The Bertz CT molecular complexity index is 965. The normalized spacial score (nSPS) is 14.6. The van der Waals surface area contributed by atoms with Crippen LogP contribution in [0.2, 0.25) is 0 Å². The van der Waals surface area contributed by atoms with E-state index in [-0.39, 0.29) is 12.1 Å². The first-order valence-electron chi connectivity index (χ1n) is 10.3. The number of hydrogen-bond acceptors (Lipinski definition) is 5. The van der Waals surface area contributed by atoms with E-state index in [4.69, 9.17) is 9.26 Å². The minimum atomic E-state index is -0.0528. The lowest BCUT2D eigenvalue weighted by Gasteiger charge is -2.32. The number of nitrogens with one attached hydrogen (secondary N) is 1. The third-order valence-corrected chi connectivity index (χ3v) is 5.28. The minimum Gasteiger partial charge on any atom is -0.378 e. The Morgan fingerprint density at radius 1 is 1.13 bits per heavy atom. The van der Waals surface area contributed by atoms with Gasteiger partial charge >= 0.3 is 6.03 Å². The lowest BCUT2D eigenvalue weighted by atomic mass is 10.1. The molecule has 2 amide bonds. The number of nitrogens with zero attached hydrogens (tertiary/aromatic N) is 3. The van der Waals surface area contributed by atoms with Crippen LogP contribution in [0.15, 0.2) is 59.1 Å². The van der Waals surface area contributed by atoms with Crippen LogP contribution in [0.5, 0.6) is 0 Å². The summed E-state index contributed by atoms with van der Waals surface area (Å²) in [6.07, 6.45) is 2.39. The molecule has 0 spiro atoms. The van der Waals surface area contributed by atoms with Crippen molar-refractivity contribution in [3.05, 3.63) is 66.0 Å². The lowest BCUT2D eigenvalue weighted by Crippen LogP contribution is -2.43. The van der Waals surface area contributed by atoms with Gasteiger partial charge in [0.25, 0.3) is 5.89 Å². The molecule has 0 unspecified atom stereocenters. The Morgan fingerprint density at radius 3 is 2.63 bits per heavy atom. The van der Waals surface area contributed by atoms with Gasteiger partial charge in [0.1, 0.15) is 0 Å². The molecule has 1 N–H and O–H groups in total. The number of aromatic nitrogens is 2. The number of likely N-dealkylation sites (tertiary alicyclic amines) is 1. The highest BCUT2D eigenvalue weighted by molar-refractivity contribution is 5.90. The van der Waals surface area contributed by atoms with Crippen LogP contribution >= 0.6 is 0 Å². The van der Waals surface area contributed by atoms with Gasteiger partial charge in [-0.05, 0) is 43.5 Å². The second-order valence-electron chi connectivity index (χ2n) is 7.43. The molecule has 1 fully saturated rings. The highest BCUT2D eigenvalue weighted by atomic mass is 16.5. The third-order valence-electron chi connectivity index (χ3n) is 5.28. The highest BCUT2D eigenvalue weighted by Crippen LogP contribution is 2.19. The molecule has 156 valence electrons. The Labute approximate surface area is 176 Å². The molecule has 1 aliphatic rings. The minimum absolute atomic E-state index is 0.0528. The van der Waals surface area contributed by atoms with E-state index in [9.17, 15) is 4.79 Å². The van der Waals surface area contributed by atoms with E-state index in [0.29, 0.717) is 37.8 Å². The van der Waals surface area contributed by atoms with E-state index >= 15 is 0 Å². The zero-order chi connectivity index (χ0) is 20.8. The summed E-state index contributed by atoms with van der Waals surface area (Å²) in [4.78, 5) is 18.8. The zero-order valence-electron chi connectivity index (χ0n) is 17.1. The number of urea groups is 1. The molecule has 3 aromatic rings. The van der Waals surface area contributed by atoms with E-state index in [0.717, 1.165) is 29.7 Å². The van der Waals surface area contributed by atoms with Crippen molar-refractivity contribution in [3.8, 4) is 11.5 Å². The van der Waals surface area contributed by atoms with Crippen LogP contribution in [-0.4, -0.2) is 46.9 Å². The van der Waals surface area contributed by atoms with E-state index < -0.39 is 0 Å². The summed E-state index contributed by atoms with van der Waals surface area (Å²) >= 11 is 0. The molecule has 0 aliphatic carbocycles. The molecule has 1 aromatic heterocycles. The van der Waals surface area contributed by atoms with E-state index in [2.05, 4.69) is 15.5 Å². The van der Waals surface area contributed by atoms with Gasteiger partial charge in [-0.1, -0.05) is 41.6 Å². The standard InChI is InChI=1S/C23H26N4O3/c1-17-7-5-6-10-20(17)24-23(28)27-14-11-19(12-15-27)29-16-13-21-25-22(30-26-21)18-8-3-2-4-9-18/h2-10,19H,11-16H2,1H3,(H,24,28). The van der Waals surface area contributed by atoms with Gasteiger partial charge in [0.15, 0.2) is 5.82 Å². The molecule has 0 radical (unpaired) electrons. The van der Waals surface area contributed by atoms with Crippen LogP contribution in [-0.2, 0) is 11.2 Å². The number of carbonyl (C=O) groups excluding carboxylic acids is 1. The molecule has 7 nitrogen and oxygen atoms in total. The second kappa shape index (κ2) is 9.54. The number of amides is 2. The summed E-state index contributed by atoms with van der Waals surface area (Å²) in [6, 6.07) is 17.5. The Kier molecular flexibility index (Phi) is 6.39. The fourth-order valence-electron chi connectivity index (χ4n) is 3.50. The average molecular weight is 406 g/mol. The van der Waals surface area contributed by atoms with Crippen molar-refractivity contribution < 1.29 is 14.1 Å². The predicted octanol–water partition coefficient (Wildman–Crippen LogP) is 4.30. The fraction of sp³-hybridized carbons (Fsp3) is 0.348. The summed E-state index contributed by atoms with van der Waals surface area (Å²) in [7, 11) is 0. The predicted molar refractivity (Wildman–Crippen MR) is 114 cm³/mol. The van der Waals surface area contributed by atoms with Crippen molar-refractivity contribution >= 4 is 11.7 Å². The van der Waals surface area contributed by atoms with Crippen LogP contribution in [0.4, 0.5) is 10.5 Å². The first kappa shape index (κ1) is 20.1. The van der Waals surface area contributed by atoms with Crippen LogP contribution in [0.3, 0.4) is 0 Å². The van der Waals surface area contributed by atoms with Gasteiger partial charge in [0, 0.05) is 30.8 Å². The quantitative estimate of drug-likeness (QED) is 0.660. The molecule has 4 rings (SSSR count). The Hall–Kier alpha value is -3.19. The van der Waals surface area contributed by atoms with Crippen LogP contribution in [0.25, 0.3) is 11.5 Å². The maximum Gasteiger partial charge on any atom is 0.321 e. The molecule has 30 heavy (non-hydrogen) atoms. The van der Waals surface area contributed by atoms with E-state index in [1.54, 1.807) is 0 Å². The molecule has 0 bridgehead atoms. The second-order valence-corrected chi connectivity index (χ2v) is 7.43. The number of carbonyl (C=O) groups is 1. The van der Waals surface area contributed by atoms with Crippen molar-refractivity contribution in [2.24, 2.45) is 0 Å². The number of benzene rings is 2. The fourth-order valence-corrected chi connectivity index (χ4v) is 3.50. The number of piperidine rings is 1. The monoisotopic (exact) mass is 406 g/mol. The van der Waals surface area contributed by atoms with Crippen LogP contribution in [0, 0.1) is 6.92 Å². The molecule has 0 saturated carbocycles. The maximum absolute atomic E-state index is 12.5. The molecule has 1 saturated heterocycles. The third kappa shape index (κ3) is 5.04. The van der Waals surface area contributed by atoms with Gasteiger partial charge < -0.3 is 19.5 Å². The summed E-state index contributed by atoms with van der Waals surface area (Å²) in [5.74, 6) is 1.17. The van der Waals surface area contributed by atoms with Crippen molar-refractivity contribution in [1.29, 1.82) is 0 Å². The first-order valence-corrected chi connectivity index (χ1v) is 10.3. The lowest BCUT2D eigenvalue weighted by molar-refractivity contribution is 0.0168. The SMILES string of the molecule is Cc1ccccc1NC(=O)N1CCC(OCCc2noc(-c3ccccc3)n2)CC1. The van der Waals surface area contributed by atoms with Crippen molar-refractivity contribution in [2.45, 2.75) is 32.3 Å². The number of hydrogen-bond donors (Lipinski definition) is 1. The van der Waals surface area contributed by atoms with Crippen LogP contribution < -0.4 is 5.32 Å². The van der Waals surface area contributed by atoms with Gasteiger partial charge in [-0.25, -0.2) is 4.79 Å². The largest absolute Gasteiger partial charge is 0.378 e. The summed E-state index contributed by atoms with van der Waals surface area (Å²) < 4.78 is 11.3. The molecular weight excluding hydrogens is 380 g/mol. The smallest absolute Gasteiger partial charge is 0.321 e. The average Bonchev–Trinajstić information content (AvgIpc) is 3.25. The van der Waals surface area contributed by atoms with Crippen molar-refractivity contribution in [2.75, 3.05) is 25.0 Å². The summed E-state index contributed by atoms with van der Waals surface area (Å²) in [5, 5.41) is 7.02. The summed E-state index contributed by atoms with van der Waals surface area (Å²) in [5.41, 5.74) is 2.82. The van der Waals surface area contributed by atoms with Gasteiger partial charge in [-0.3, -0.25) is 0 Å². The molecule has 0 atom stereocenters. The molecule has 1 aliphatic heterocycles. The van der Waals surface area contributed by atoms with Crippen molar-refractivity contribution in [3.63, 3.8) is 0 Å². The maximum atomic E-state index is 12.5. The molecular formula is C23H26N4O3.